The first-order chi connectivity index (χ1) is 9.08. The van der Waals surface area contributed by atoms with Crippen molar-refractivity contribution in [2.24, 2.45) is 0 Å². The van der Waals surface area contributed by atoms with Crippen LogP contribution in [0.5, 0.6) is 0 Å². The molecular weight excluding hydrogens is 268 g/mol. The fraction of sp³-hybridized carbons (Fsp3) is 0.200. The van der Waals surface area contributed by atoms with Crippen molar-refractivity contribution < 1.29 is 8.78 Å². The Labute approximate surface area is 116 Å². The monoisotopic (exact) mass is 281 g/mol. The van der Waals surface area contributed by atoms with Crippen LogP contribution < -0.4 is 5.32 Å². The van der Waals surface area contributed by atoms with Crippen molar-refractivity contribution in [2.75, 3.05) is 5.32 Å². The van der Waals surface area contributed by atoms with Crippen molar-refractivity contribution in [1.82, 2.24) is 0 Å². The van der Waals surface area contributed by atoms with Gasteiger partial charge in [-0.15, -0.1) is 0 Å². The van der Waals surface area contributed by atoms with Crippen LogP contribution in [-0.2, 0) is 6.54 Å². The van der Waals surface area contributed by atoms with Gasteiger partial charge in [0.2, 0.25) is 0 Å². The molecule has 19 heavy (non-hydrogen) atoms. The second-order valence-corrected chi connectivity index (χ2v) is 4.72. The van der Waals surface area contributed by atoms with Crippen LogP contribution in [0, 0.1) is 6.92 Å². The van der Waals surface area contributed by atoms with Gasteiger partial charge in [0.05, 0.1) is 0 Å². The topological polar surface area (TPSA) is 12.0 Å². The third-order valence-corrected chi connectivity index (χ3v) is 3.39. The maximum atomic E-state index is 12.4. The number of alkyl halides is 2. The average Bonchev–Trinajstić information content (AvgIpc) is 2.41. The normalized spacial score (nSPS) is 10.8. The van der Waals surface area contributed by atoms with Crippen LogP contribution in [0.1, 0.15) is 23.1 Å². The van der Waals surface area contributed by atoms with E-state index in [9.17, 15) is 8.78 Å². The summed E-state index contributed by atoms with van der Waals surface area (Å²) >= 11 is 6.03. The number of rotatable bonds is 4. The molecule has 100 valence electrons. The third-order valence-electron chi connectivity index (χ3n) is 2.98. The molecule has 0 atom stereocenters. The predicted octanol–water partition coefficient (Wildman–Crippen LogP) is 5.20. The summed E-state index contributed by atoms with van der Waals surface area (Å²) in [6.07, 6.45) is -2.42. The van der Waals surface area contributed by atoms with E-state index in [0.29, 0.717) is 11.6 Å². The Morgan fingerprint density at radius 2 is 1.79 bits per heavy atom. The molecule has 0 aliphatic rings. The summed E-state index contributed by atoms with van der Waals surface area (Å²) in [5, 5.41) is 3.95. The van der Waals surface area contributed by atoms with Crippen LogP contribution in [0.2, 0.25) is 5.02 Å². The second kappa shape index (κ2) is 6.02. The van der Waals surface area contributed by atoms with Gasteiger partial charge in [-0.05, 0) is 30.2 Å². The van der Waals surface area contributed by atoms with Crippen LogP contribution in [-0.4, -0.2) is 0 Å². The predicted molar refractivity (Wildman–Crippen MR) is 74.9 cm³/mol. The average molecular weight is 282 g/mol. The quantitative estimate of drug-likeness (QED) is 0.812. The summed E-state index contributed by atoms with van der Waals surface area (Å²) in [5.74, 6) is 0. The van der Waals surface area contributed by atoms with Crippen LogP contribution in [0.15, 0.2) is 42.5 Å². The highest BCUT2D eigenvalue weighted by molar-refractivity contribution is 6.31. The van der Waals surface area contributed by atoms with E-state index in [1.54, 1.807) is 12.1 Å². The first-order valence-electron chi connectivity index (χ1n) is 5.94. The van der Waals surface area contributed by atoms with Gasteiger partial charge in [0, 0.05) is 22.8 Å². The van der Waals surface area contributed by atoms with E-state index in [2.05, 4.69) is 5.32 Å². The SMILES string of the molecule is Cc1c(Cl)cccc1NCc1ccc(C(F)F)cc1. The largest absolute Gasteiger partial charge is 0.381 e. The van der Waals surface area contributed by atoms with Crippen LogP contribution in [0.4, 0.5) is 14.5 Å². The zero-order valence-corrected chi connectivity index (χ0v) is 11.2. The Balaban J connectivity index is 2.04. The van der Waals surface area contributed by atoms with E-state index >= 15 is 0 Å². The number of halogens is 3. The maximum Gasteiger partial charge on any atom is 0.263 e. The van der Waals surface area contributed by atoms with E-state index in [4.69, 9.17) is 11.6 Å². The van der Waals surface area contributed by atoms with Crippen molar-refractivity contribution in [3.8, 4) is 0 Å². The highest BCUT2D eigenvalue weighted by atomic mass is 35.5. The molecule has 0 aromatic heterocycles. The van der Waals surface area contributed by atoms with Crippen molar-refractivity contribution in [1.29, 1.82) is 0 Å². The summed E-state index contributed by atoms with van der Waals surface area (Å²) in [6.45, 7) is 2.51. The summed E-state index contributed by atoms with van der Waals surface area (Å²) in [6, 6.07) is 12.0. The lowest BCUT2D eigenvalue weighted by atomic mass is 10.1. The molecule has 0 saturated heterocycles. The Morgan fingerprint density at radius 3 is 2.42 bits per heavy atom. The standard InChI is InChI=1S/C15H14ClF2N/c1-10-13(16)3-2-4-14(10)19-9-11-5-7-12(8-6-11)15(17)18/h2-8,15,19H,9H2,1H3. The minimum atomic E-state index is -2.42. The van der Waals surface area contributed by atoms with Gasteiger partial charge < -0.3 is 5.32 Å². The molecule has 4 heteroatoms. The highest BCUT2D eigenvalue weighted by Crippen LogP contribution is 2.24. The lowest BCUT2D eigenvalue weighted by Gasteiger charge is -2.11. The molecule has 0 aliphatic carbocycles. The minimum Gasteiger partial charge on any atom is -0.381 e. The van der Waals surface area contributed by atoms with Gasteiger partial charge >= 0.3 is 0 Å². The fourth-order valence-electron chi connectivity index (χ4n) is 1.78. The van der Waals surface area contributed by atoms with Crippen molar-refractivity contribution >= 4 is 17.3 Å². The van der Waals surface area contributed by atoms with E-state index in [-0.39, 0.29) is 5.56 Å². The first kappa shape index (κ1) is 13.8. The molecule has 0 amide bonds. The summed E-state index contributed by atoms with van der Waals surface area (Å²) in [4.78, 5) is 0. The van der Waals surface area contributed by atoms with Gasteiger partial charge in [-0.25, -0.2) is 8.78 Å². The molecule has 0 radical (unpaired) electrons. The van der Waals surface area contributed by atoms with Gasteiger partial charge in [-0.3, -0.25) is 0 Å². The number of hydrogen-bond acceptors (Lipinski definition) is 1. The van der Waals surface area contributed by atoms with Crippen LogP contribution >= 0.6 is 11.6 Å². The Kier molecular flexibility index (Phi) is 4.38. The number of hydrogen-bond donors (Lipinski definition) is 1. The lowest BCUT2D eigenvalue weighted by molar-refractivity contribution is 0.151. The number of anilines is 1. The number of nitrogens with one attached hydrogen (secondary N) is 1. The smallest absolute Gasteiger partial charge is 0.263 e. The first-order valence-corrected chi connectivity index (χ1v) is 6.31. The molecule has 0 heterocycles. The maximum absolute atomic E-state index is 12.4. The minimum absolute atomic E-state index is 0.0442. The van der Waals surface area contributed by atoms with Crippen molar-refractivity contribution in [3.63, 3.8) is 0 Å². The van der Waals surface area contributed by atoms with Crippen molar-refractivity contribution in [3.05, 3.63) is 64.2 Å². The fourth-order valence-corrected chi connectivity index (χ4v) is 1.95. The molecule has 0 fully saturated rings. The Morgan fingerprint density at radius 1 is 1.11 bits per heavy atom. The zero-order valence-electron chi connectivity index (χ0n) is 10.5. The second-order valence-electron chi connectivity index (χ2n) is 4.31. The van der Waals surface area contributed by atoms with E-state index < -0.39 is 6.43 Å². The van der Waals surface area contributed by atoms with Gasteiger partial charge in [0.25, 0.3) is 6.43 Å². The molecule has 2 rings (SSSR count). The van der Waals surface area contributed by atoms with Crippen molar-refractivity contribution in [2.45, 2.75) is 19.9 Å². The van der Waals surface area contributed by atoms with Gasteiger partial charge in [-0.2, -0.15) is 0 Å². The molecule has 0 spiro atoms. The molecule has 1 N–H and O–H groups in total. The molecule has 2 aromatic rings. The van der Waals surface area contributed by atoms with Gasteiger partial charge in [0.1, 0.15) is 0 Å². The number of benzene rings is 2. The van der Waals surface area contributed by atoms with Gasteiger partial charge in [-0.1, -0.05) is 41.9 Å². The zero-order chi connectivity index (χ0) is 13.8. The summed E-state index contributed by atoms with van der Waals surface area (Å²) in [5.41, 5.74) is 2.92. The molecule has 1 nitrogen and oxygen atoms in total. The molecular formula is C15H14ClF2N. The Bertz CT molecular complexity index is 553. The third kappa shape index (κ3) is 3.44. The van der Waals surface area contributed by atoms with E-state index in [1.807, 2.05) is 25.1 Å². The van der Waals surface area contributed by atoms with E-state index in [1.165, 1.54) is 12.1 Å². The molecule has 2 aromatic carbocycles. The van der Waals surface area contributed by atoms with Gasteiger partial charge in [0.15, 0.2) is 0 Å². The summed E-state index contributed by atoms with van der Waals surface area (Å²) in [7, 11) is 0. The van der Waals surface area contributed by atoms with Crippen LogP contribution in [0.25, 0.3) is 0 Å². The van der Waals surface area contributed by atoms with E-state index in [0.717, 1.165) is 16.8 Å². The molecule has 0 aliphatic heterocycles. The Hall–Kier alpha value is -1.61. The molecule has 0 bridgehead atoms. The highest BCUT2D eigenvalue weighted by Gasteiger charge is 2.06. The lowest BCUT2D eigenvalue weighted by Crippen LogP contribution is -2.01. The molecule has 0 saturated carbocycles. The molecule has 0 unspecified atom stereocenters. The summed E-state index contributed by atoms with van der Waals surface area (Å²) < 4.78 is 24.8. The van der Waals surface area contributed by atoms with Crippen LogP contribution in [0.3, 0.4) is 0 Å².